The van der Waals surface area contributed by atoms with Crippen molar-refractivity contribution in [1.29, 1.82) is 0 Å². The summed E-state index contributed by atoms with van der Waals surface area (Å²) in [6.07, 6.45) is 1.80. The third-order valence-corrected chi connectivity index (χ3v) is 3.21. The Labute approximate surface area is 107 Å². The van der Waals surface area contributed by atoms with Gasteiger partial charge in [0.25, 0.3) is 0 Å². The maximum atomic E-state index is 6.15. The van der Waals surface area contributed by atoms with E-state index in [1.807, 2.05) is 44.3 Å². The predicted octanol–water partition coefficient (Wildman–Crippen LogP) is 3.35. The predicted molar refractivity (Wildman–Crippen MR) is 71.3 cm³/mol. The summed E-state index contributed by atoms with van der Waals surface area (Å²) in [4.78, 5) is 4.37. The van der Waals surface area contributed by atoms with Gasteiger partial charge in [0.15, 0.2) is 0 Å². The number of nitrogens with zero attached hydrogens (tertiary/aromatic N) is 1. The minimum absolute atomic E-state index is 0.0781. The monoisotopic (exact) mass is 246 g/mol. The number of nitrogens with one attached hydrogen (secondary N) is 1. The molecular weight excluding hydrogens is 232 g/mol. The molecule has 2 nitrogen and oxygen atoms in total. The van der Waals surface area contributed by atoms with E-state index in [4.69, 9.17) is 11.6 Å². The maximum absolute atomic E-state index is 6.15. The highest BCUT2D eigenvalue weighted by Crippen LogP contribution is 2.24. The van der Waals surface area contributed by atoms with Crippen molar-refractivity contribution in [2.24, 2.45) is 0 Å². The number of halogens is 1. The van der Waals surface area contributed by atoms with Crippen molar-refractivity contribution in [1.82, 2.24) is 10.3 Å². The van der Waals surface area contributed by atoms with Gasteiger partial charge in [-0.25, -0.2) is 0 Å². The van der Waals surface area contributed by atoms with E-state index in [2.05, 4.69) is 16.4 Å². The average Bonchev–Trinajstić information content (AvgIpc) is 2.36. The molecule has 1 aromatic heterocycles. The molecule has 0 bridgehead atoms. The van der Waals surface area contributed by atoms with Gasteiger partial charge in [0.2, 0.25) is 0 Å². The maximum Gasteiger partial charge on any atom is 0.0749 e. The number of aryl methyl sites for hydroxylation is 1. The lowest BCUT2D eigenvalue weighted by atomic mass is 10.0. The third kappa shape index (κ3) is 2.65. The van der Waals surface area contributed by atoms with Gasteiger partial charge in [-0.2, -0.15) is 0 Å². The largest absolute Gasteiger partial charge is 0.308 e. The van der Waals surface area contributed by atoms with Gasteiger partial charge in [-0.05, 0) is 43.3 Å². The summed E-state index contributed by atoms with van der Waals surface area (Å²) >= 11 is 6.15. The van der Waals surface area contributed by atoms with Gasteiger partial charge in [-0.15, -0.1) is 0 Å². The van der Waals surface area contributed by atoms with Crippen LogP contribution in [0.15, 0.2) is 42.6 Å². The first-order chi connectivity index (χ1) is 8.22. The van der Waals surface area contributed by atoms with Crippen LogP contribution >= 0.6 is 11.6 Å². The molecule has 0 saturated carbocycles. The molecule has 0 radical (unpaired) electrons. The molecule has 0 saturated heterocycles. The first kappa shape index (κ1) is 12.1. The van der Waals surface area contributed by atoms with Crippen molar-refractivity contribution in [2.75, 3.05) is 7.05 Å². The van der Waals surface area contributed by atoms with E-state index in [1.54, 1.807) is 6.20 Å². The third-order valence-electron chi connectivity index (χ3n) is 2.80. The van der Waals surface area contributed by atoms with Crippen LogP contribution in [0.2, 0.25) is 5.02 Å². The summed E-state index contributed by atoms with van der Waals surface area (Å²) in [5.74, 6) is 0. The molecule has 0 fully saturated rings. The standard InChI is InChI=1S/C14H15ClN2/c1-10-6-7-11(9-12(10)15)14(16-2)13-5-3-4-8-17-13/h3-9,14,16H,1-2H3. The second-order valence-corrected chi connectivity index (χ2v) is 4.39. The Balaban J connectivity index is 2.39. The van der Waals surface area contributed by atoms with E-state index in [1.165, 1.54) is 0 Å². The number of hydrogen-bond acceptors (Lipinski definition) is 2. The summed E-state index contributed by atoms with van der Waals surface area (Å²) in [7, 11) is 1.92. The minimum Gasteiger partial charge on any atom is -0.308 e. The average molecular weight is 247 g/mol. The molecule has 88 valence electrons. The molecule has 0 aliphatic heterocycles. The lowest BCUT2D eigenvalue weighted by Crippen LogP contribution is -2.18. The second-order valence-electron chi connectivity index (χ2n) is 3.98. The molecule has 17 heavy (non-hydrogen) atoms. The summed E-state index contributed by atoms with van der Waals surface area (Å²) < 4.78 is 0. The molecule has 1 aromatic carbocycles. The van der Waals surface area contributed by atoms with E-state index in [-0.39, 0.29) is 6.04 Å². The van der Waals surface area contributed by atoms with Crippen molar-refractivity contribution in [3.05, 3.63) is 64.4 Å². The van der Waals surface area contributed by atoms with E-state index in [0.717, 1.165) is 21.8 Å². The Hall–Kier alpha value is -1.38. The van der Waals surface area contributed by atoms with Crippen LogP contribution in [0.25, 0.3) is 0 Å². The topological polar surface area (TPSA) is 24.9 Å². The summed E-state index contributed by atoms with van der Waals surface area (Å²) in [6.45, 7) is 2.00. The van der Waals surface area contributed by atoms with Crippen LogP contribution in [0.4, 0.5) is 0 Å². The van der Waals surface area contributed by atoms with E-state index in [0.29, 0.717) is 0 Å². The second kappa shape index (κ2) is 5.30. The van der Waals surface area contributed by atoms with Crippen LogP contribution in [0.5, 0.6) is 0 Å². The van der Waals surface area contributed by atoms with Crippen molar-refractivity contribution < 1.29 is 0 Å². The highest BCUT2D eigenvalue weighted by molar-refractivity contribution is 6.31. The number of benzene rings is 1. The van der Waals surface area contributed by atoms with Gasteiger partial charge in [0.05, 0.1) is 11.7 Å². The van der Waals surface area contributed by atoms with Crippen LogP contribution in [-0.2, 0) is 0 Å². The molecule has 2 aromatic rings. The zero-order valence-corrected chi connectivity index (χ0v) is 10.7. The molecule has 2 rings (SSSR count). The van der Waals surface area contributed by atoms with Crippen molar-refractivity contribution >= 4 is 11.6 Å². The van der Waals surface area contributed by atoms with Crippen LogP contribution < -0.4 is 5.32 Å². The lowest BCUT2D eigenvalue weighted by molar-refractivity contribution is 0.671. The van der Waals surface area contributed by atoms with E-state index < -0.39 is 0 Å². The minimum atomic E-state index is 0.0781. The molecule has 3 heteroatoms. The number of rotatable bonds is 3. The van der Waals surface area contributed by atoms with Crippen molar-refractivity contribution in [3.8, 4) is 0 Å². The van der Waals surface area contributed by atoms with Gasteiger partial charge >= 0.3 is 0 Å². The summed E-state index contributed by atoms with van der Waals surface area (Å²) in [5, 5.41) is 4.05. The number of pyridine rings is 1. The zero-order valence-electron chi connectivity index (χ0n) is 9.94. The SMILES string of the molecule is CNC(c1ccc(C)c(Cl)c1)c1ccccn1. The molecule has 1 N–H and O–H groups in total. The molecule has 1 atom stereocenters. The number of aromatic nitrogens is 1. The highest BCUT2D eigenvalue weighted by atomic mass is 35.5. The van der Waals surface area contributed by atoms with Gasteiger partial charge in [-0.3, -0.25) is 4.98 Å². The summed E-state index contributed by atoms with van der Waals surface area (Å²) in [5.41, 5.74) is 3.21. The quantitative estimate of drug-likeness (QED) is 0.899. The highest BCUT2D eigenvalue weighted by Gasteiger charge is 2.13. The Kier molecular flexibility index (Phi) is 3.77. The van der Waals surface area contributed by atoms with Crippen molar-refractivity contribution in [2.45, 2.75) is 13.0 Å². The molecule has 0 aliphatic rings. The van der Waals surface area contributed by atoms with E-state index in [9.17, 15) is 0 Å². The first-order valence-electron chi connectivity index (χ1n) is 5.56. The summed E-state index contributed by atoms with van der Waals surface area (Å²) in [6, 6.07) is 12.1. The van der Waals surface area contributed by atoms with Gasteiger partial charge in [-0.1, -0.05) is 29.8 Å². The lowest BCUT2D eigenvalue weighted by Gasteiger charge is -2.16. The molecule has 0 aliphatic carbocycles. The molecular formula is C14H15ClN2. The van der Waals surface area contributed by atoms with Crippen LogP contribution in [0.1, 0.15) is 22.9 Å². The van der Waals surface area contributed by atoms with Gasteiger partial charge in [0, 0.05) is 11.2 Å². The first-order valence-corrected chi connectivity index (χ1v) is 5.94. The number of hydrogen-bond donors (Lipinski definition) is 1. The molecule has 0 amide bonds. The zero-order chi connectivity index (χ0) is 12.3. The van der Waals surface area contributed by atoms with Crippen LogP contribution in [-0.4, -0.2) is 12.0 Å². The van der Waals surface area contributed by atoms with E-state index >= 15 is 0 Å². The van der Waals surface area contributed by atoms with Crippen LogP contribution in [0, 0.1) is 6.92 Å². The Bertz CT molecular complexity index is 497. The normalized spacial score (nSPS) is 12.4. The van der Waals surface area contributed by atoms with Gasteiger partial charge in [0.1, 0.15) is 0 Å². The molecule has 0 spiro atoms. The fourth-order valence-corrected chi connectivity index (χ4v) is 2.01. The Morgan fingerprint density at radius 3 is 2.65 bits per heavy atom. The smallest absolute Gasteiger partial charge is 0.0749 e. The fourth-order valence-electron chi connectivity index (χ4n) is 1.82. The molecule has 1 unspecified atom stereocenters. The fraction of sp³-hybridized carbons (Fsp3) is 0.214. The Morgan fingerprint density at radius 1 is 1.24 bits per heavy atom. The van der Waals surface area contributed by atoms with Gasteiger partial charge < -0.3 is 5.32 Å². The molecule has 1 heterocycles. The van der Waals surface area contributed by atoms with Crippen LogP contribution in [0.3, 0.4) is 0 Å². The van der Waals surface area contributed by atoms with Crippen molar-refractivity contribution in [3.63, 3.8) is 0 Å². The Morgan fingerprint density at radius 2 is 2.06 bits per heavy atom.